The fourth-order valence-electron chi connectivity index (χ4n) is 1.32. The Labute approximate surface area is 94.4 Å². The molecule has 0 radical (unpaired) electrons. The van der Waals surface area contributed by atoms with Crippen molar-refractivity contribution in [2.24, 2.45) is 10.9 Å². The van der Waals surface area contributed by atoms with Gasteiger partial charge in [-0.05, 0) is 0 Å². The fourth-order valence-corrected chi connectivity index (χ4v) is 2.62. The second kappa shape index (κ2) is 5.43. The molecule has 0 spiro atoms. The second-order valence-corrected chi connectivity index (χ2v) is 5.40. The summed E-state index contributed by atoms with van der Waals surface area (Å²) in [5.41, 5.74) is 5.25. The Hall–Kier alpha value is -0.900. The number of nitrogens with two attached hydrogens (primary N) is 1. The van der Waals surface area contributed by atoms with Gasteiger partial charge in [0.2, 0.25) is 0 Å². The van der Waals surface area contributed by atoms with Gasteiger partial charge in [0, 0.05) is 20.1 Å². The minimum Gasteiger partial charge on any atom is -0.409 e. The highest BCUT2D eigenvalue weighted by atomic mass is 32.2. The predicted octanol–water partition coefficient (Wildman–Crippen LogP) is -1.76. The molecule has 0 unspecified atom stereocenters. The van der Waals surface area contributed by atoms with Gasteiger partial charge in [0.05, 0.1) is 19.8 Å². The topological polar surface area (TPSA) is 108 Å². The van der Waals surface area contributed by atoms with Crippen LogP contribution in [0.15, 0.2) is 5.16 Å². The van der Waals surface area contributed by atoms with Crippen molar-refractivity contribution in [1.82, 2.24) is 8.61 Å². The molecule has 3 N–H and O–H groups in total. The van der Waals surface area contributed by atoms with Crippen LogP contribution in [0.2, 0.25) is 0 Å². The molecule has 9 heteroatoms. The van der Waals surface area contributed by atoms with Crippen molar-refractivity contribution in [1.29, 1.82) is 0 Å². The summed E-state index contributed by atoms with van der Waals surface area (Å²) >= 11 is 0. The molecular weight excluding hydrogens is 236 g/mol. The van der Waals surface area contributed by atoms with Crippen LogP contribution in [0.5, 0.6) is 0 Å². The van der Waals surface area contributed by atoms with Gasteiger partial charge in [0.15, 0.2) is 5.84 Å². The van der Waals surface area contributed by atoms with E-state index >= 15 is 0 Å². The molecule has 0 saturated carbocycles. The summed E-state index contributed by atoms with van der Waals surface area (Å²) in [5, 5.41) is 11.1. The van der Waals surface area contributed by atoms with Gasteiger partial charge in [-0.2, -0.15) is 17.0 Å². The molecule has 8 nitrogen and oxygen atoms in total. The van der Waals surface area contributed by atoms with Crippen molar-refractivity contribution < 1.29 is 18.4 Å². The lowest BCUT2D eigenvalue weighted by molar-refractivity contribution is 0.0708. The highest BCUT2D eigenvalue weighted by Crippen LogP contribution is 2.08. The first-order chi connectivity index (χ1) is 7.48. The molecule has 1 fully saturated rings. The van der Waals surface area contributed by atoms with Crippen LogP contribution in [-0.2, 0) is 14.9 Å². The van der Waals surface area contributed by atoms with Crippen LogP contribution in [0.4, 0.5) is 0 Å². The van der Waals surface area contributed by atoms with Crippen LogP contribution < -0.4 is 5.73 Å². The SMILES string of the molecule is CN(CC(N)=NO)S(=O)(=O)N1CCOCC1. The van der Waals surface area contributed by atoms with E-state index in [0.717, 1.165) is 4.31 Å². The molecule has 0 atom stereocenters. The standard InChI is InChI=1S/C7H16N4O4S/c1-10(6-7(8)9-12)16(13,14)11-2-4-15-5-3-11/h12H,2-6H2,1H3,(H2,8,9). The number of likely N-dealkylation sites (N-methyl/N-ethyl adjacent to an activating group) is 1. The van der Waals surface area contributed by atoms with Gasteiger partial charge in [0.25, 0.3) is 10.2 Å². The van der Waals surface area contributed by atoms with Crippen molar-refractivity contribution in [2.75, 3.05) is 39.9 Å². The van der Waals surface area contributed by atoms with Crippen molar-refractivity contribution in [3.8, 4) is 0 Å². The molecule has 0 aromatic heterocycles. The second-order valence-electron chi connectivity index (χ2n) is 3.37. The van der Waals surface area contributed by atoms with Gasteiger partial charge in [-0.25, -0.2) is 0 Å². The number of oxime groups is 1. The van der Waals surface area contributed by atoms with E-state index in [2.05, 4.69) is 5.16 Å². The molecule has 1 aliphatic rings. The lowest BCUT2D eigenvalue weighted by Crippen LogP contribution is -2.49. The van der Waals surface area contributed by atoms with Gasteiger partial charge >= 0.3 is 0 Å². The van der Waals surface area contributed by atoms with Gasteiger partial charge in [-0.1, -0.05) is 5.16 Å². The maximum atomic E-state index is 11.9. The molecule has 94 valence electrons. The Morgan fingerprint density at radius 1 is 1.56 bits per heavy atom. The first-order valence-electron chi connectivity index (χ1n) is 4.74. The van der Waals surface area contributed by atoms with Crippen LogP contribution in [0.25, 0.3) is 0 Å². The molecule has 16 heavy (non-hydrogen) atoms. The average molecular weight is 252 g/mol. The average Bonchev–Trinajstić information content (AvgIpc) is 2.29. The maximum absolute atomic E-state index is 11.9. The minimum absolute atomic E-state index is 0.143. The Kier molecular flexibility index (Phi) is 4.47. The zero-order valence-electron chi connectivity index (χ0n) is 9.03. The zero-order chi connectivity index (χ0) is 12.2. The molecule has 1 aliphatic heterocycles. The summed E-state index contributed by atoms with van der Waals surface area (Å²) in [7, 11) is -2.17. The molecule has 0 aromatic rings. The number of morpholine rings is 1. The van der Waals surface area contributed by atoms with Crippen LogP contribution in [0.3, 0.4) is 0 Å². The third-order valence-corrected chi connectivity index (χ3v) is 4.14. The summed E-state index contributed by atoms with van der Waals surface area (Å²) < 4.78 is 31.3. The van der Waals surface area contributed by atoms with E-state index < -0.39 is 10.2 Å². The van der Waals surface area contributed by atoms with Crippen LogP contribution in [-0.4, -0.2) is 68.0 Å². The van der Waals surface area contributed by atoms with Gasteiger partial charge in [-0.3, -0.25) is 0 Å². The number of rotatable bonds is 4. The van der Waals surface area contributed by atoms with E-state index in [1.54, 1.807) is 0 Å². The number of ether oxygens (including phenoxy) is 1. The van der Waals surface area contributed by atoms with E-state index in [1.807, 2.05) is 0 Å². The van der Waals surface area contributed by atoms with E-state index in [1.165, 1.54) is 11.4 Å². The lowest BCUT2D eigenvalue weighted by atomic mass is 10.5. The normalized spacial score (nSPS) is 20.2. The third-order valence-electron chi connectivity index (χ3n) is 2.20. The van der Waals surface area contributed by atoms with E-state index in [-0.39, 0.29) is 12.4 Å². The first-order valence-corrected chi connectivity index (χ1v) is 6.13. The summed E-state index contributed by atoms with van der Waals surface area (Å²) in [6.45, 7) is 1.27. The van der Waals surface area contributed by atoms with Crippen molar-refractivity contribution >= 4 is 16.0 Å². The minimum atomic E-state index is -3.55. The molecule has 1 rings (SSSR count). The Morgan fingerprint density at radius 3 is 2.62 bits per heavy atom. The summed E-state index contributed by atoms with van der Waals surface area (Å²) in [4.78, 5) is 0. The van der Waals surface area contributed by atoms with Gasteiger partial charge in [-0.15, -0.1) is 0 Å². The van der Waals surface area contributed by atoms with Crippen molar-refractivity contribution in [3.63, 3.8) is 0 Å². The number of hydrogen-bond acceptors (Lipinski definition) is 5. The summed E-state index contributed by atoms with van der Waals surface area (Å²) in [6, 6.07) is 0. The third kappa shape index (κ3) is 3.04. The quantitative estimate of drug-likeness (QED) is 0.267. The Bertz CT molecular complexity index is 349. The monoisotopic (exact) mass is 252 g/mol. The maximum Gasteiger partial charge on any atom is 0.282 e. The zero-order valence-corrected chi connectivity index (χ0v) is 9.85. The van der Waals surface area contributed by atoms with Gasteiger partial charge < -0.3 is 15.7 Å². The molecule has 1 saturated heterocycles. The van der Waals surface area contributed by atoms with Gasteiger partial charge in [0.1, 0.15) is 0 Å². The number of nitrogens with zero attached hydrogens (tertiary/aromatic N) is 3. The van der Waals surface area contributed by atoms with Crippen molar-refractivity contribution in [2.45, 2.75) is 0 Å². The van der Waals surface area contributed by atoms with Crippen LogP contribution in [0, 0.1) is 0 Å². The molecule has 0 bridgehead atoms. The lowest BCUT2D eigenvalue weighted by Gasteiger charge is -2.29. The number of amidine groups is 1. The Morgan fingerprint density at radius 2 is 2.12 bits per heavy atom. The molecule has 0 aliphatic carbocycles. The van der Waals surface area contributed by atoms with Crippen molar-refractivity contribution in [3.05, 3.63) is 0 Å². The van der Waals surface area contributed by atoms with E-state index in [4.69, 9.17) is 15.7 Å². The van der Waals surface area contributed by atoms with Crippen LogP contribution in [0.1, 0.15) is 0 Å². The molecule has 0 aromatic carbocycles. The largest absolute Gasteiger partial charge is 0.409 e. The highest BCUT2D eigenvalue weighted by molar-refractivity contribution is 7.86. The van der Waals surface area contributed by atoms with Crippen LogP contribution >= 0.6 is 0 Å². The molecule has 1 heterocycles. The first kappa shape index (κ1) is 13.2. The summed E-state index contributed by atoms with van der Waals surface area (Å²) in [5.74, 6) is -0.153. The van der Waals surface area contributed by atoms with E-state index in [9.17, 15) is 8.42 Å². The molecule has 0 amide bonds. The fraction of sp³-hybridized carbons (Fsp3) is 0.857. The smallest absolute Gasteiger partial charge is 0.282 e. The van der Waals surface area contributed by atoms with E-state index in [0.29, 0.717) is 26.3 Å². The predicted molar refractivity (Wildman–Crippen MR) is 57.4 cm³/mol. The number of hydrogen-bond donors (Lipinski definition) is 2. The summed E-state index contributed by atoms with van der Waals surface area (Å²) in [6.07, 6.45) is 0. The highest BCUT2D eigenvalue weighted by Gasteiger charge is 2.28. The molecular formula is C7H16N4O4S. The Balaban J connectivity index is 2.68.